The molecule has 0 radical (unpaired) electrons. The fourth-order valence-corrected chi connectivity index (χ4v) is 1.78. The average Bonchev–Trinajstić information content (AvgIpc) is 2.42. The van der Waals surface area contributed by atoms with Gasteiger partial charge in [0, 0.05) is 5.02 Å². The molecule has 0 saturated heterocycles. The molecule has 18 heavy (non-hydrogen) atoms. The minimum atomic E-state index is 0.368. The number of hydrogen-bond donors (Lipinski definition) is 0. The Morgan fingerprint density at radius 3 is 2.67 bits per heavy atom. The number of nitriles is 1. The van der Waals surface area contributed by atoms with E-state index in [1.54, 1.807) is 18.2 Å². The highest BCUT2D eigenvalue weighted by Gasteiger charge is 2.03. The molecule has 0 amide bonds. The summed E-state index contributed by atoms with van der Waals surface area (Å²) in [7, 11) is 0. The van der Waals surface area contributed by atoms with Crippen LogP contribution >= 0.6 is 11.6 Å². The number of aryl methyl sites for hydroxylation is 1. The van der Waals surface area contributed by atoms with Gasteiger partial charge < -0.3 is 4.74 Å². The molecule has 2 rings (SSSR count). The molecule has 0 aliphatic carbocycles. The van der Waals surface area contributed by atoms with Gasteiger partial charge in [-0.05, 0) is 42.3 Å². The van der Waals surface area contributed by atoms with Crippen LogP contribution in [-0.2, 0) is 6.42 Å². The van der Waals surface area contributed by atoms with Gasteiger partial charge in [-0.15, -0.1) is 0 Å². The summed E-state index contributed by atoms with van der Waals surface area (Å²) in [5, 5.41) is 9.39. The van der Waals surface area contributed by atoms with E-state index in [0.717, 1.165) is 17.0 Å². The summed E-state index contributed by atoms with van der Waals surface area (Å²) in [6.45, 7) is 2.04. The Kier molecular flexibility index (Phi) is 3.81. The molecule has 0 aliphatic heterocycles. The van der Waals surface area contributed by atoms with Crippen molar-refractivity contribution < 1.29 is 4.74 Å². The minimum absolute atomic E-state index is 0.368. The van der Waals surface area contributed by atoms with Crippen LogP contribution in [0.4, 0.5) is 0 Å². The zero-order valence-corrected chi connectivity index (χ0v) is 10.6. The van der Waals surface area contributed by atoms with E-state index in [0.29, 0.717) is 17.2 Å². The van der Waals surface area contributed by atoms with Gasteiger partial charge in [0.05, 0.1) is 6.20 Å². The number of nitrogens with zero attached hydrogens (tertiary/aromatic N) is 2. The number of pyridine rings is 1. The molecule has 0 saturated carbocycles. The van der Waals surface area contributed by atoms with E-state index in [9.17, 15) is 0 Å². The normalized spacial score (nSPS) is 9.83. The highest BCUT2D eigenvalue weighted by Crippen LogP contribution is 2.26. The molecule has 3 nitrogen and oxygen atoms in total. The Hall–Kier alpha value is -2.05. The van der Waals surface area contributed by atoms with Crippen molar-refractivity contribution in [3.8, 4) is 17.6 Å². The second-order valence-electron chi connectivity index (χ2n) is 3.70. The van der Waals surface area contributed by atoms with Crippen LogP contribution in [-0.4, -0.2) is 4.98 Å². The van der Waals surface area contributed by atoms with Crippen molar-refractivity contribution in [1.29, 1.82) is 5.26 Å². The number of benzene rings is 1. The SMILES string of the molecule is CCc1cc(Oc2ccc(C#N)nc2)ccc1Cl. The van der Waals surface area contributed by atoms with Crippen LogP contribution in [0.2, 0.25) is 5.02 Å². The number of aromatic nitrogens is 1. The van der Waals surface area contributed by atoms with Crippen LogP contribution in [0, 0.1) is 11.3 Å². The maximum Gasteiger partial charge on any atom is 0.145 e. The van der Waals surface area contributed by atoms with Crippen LogP contribution in [0.15, 0.2) is 36.5 Å². The van der Waals surface area contributed by atoms with E-state index in [4.69, 9.17) is 21.6 Å². The van der Waals surface area contributed by atoms with Gasteiger partial charge in [0.2, 0.25) is 0 Å². The first-order valence-corrected chi connectivity index (χ1v) is 5.93. The van der Waals surface area contributed by atoms with E-state index in [1.165, 1.54) is 6.20 Å². The van der Waals surface area contributed by atoms with Gasteiger partial charge >= 0.3 is 0 Å². The van der Waals surface area contributed by atoms with Gasteiger partial charge in [0.15, 0.2) is 0 Å². The first-order valence-electron chi connectivity index (χ1n) is 5.55. The minimum Gasteiger partial charge on any atom is -0.456 e. The molecule has 1 heterocycles. The standard InChI is InChI=1S/C14H11ClN2O/c1-2-10-7-12(5-6-14(10)15)18-13-4-3-11(8-16)17-9-13/h3-7,9H,2H2,1H3. The number of halogens is 1. The Morgan fingerprint density at radius 2 is 2.06 bits per heavy atom. The molecule has 0 N–H and O–H groups in total. The molecular weight excluding hydrogens is 248 g/mol. The highest BCUT2D eigenvalue weighted by atomic mass is 35.5. The van der Waals surface area contributed by atoms with E-state index < -0.39 is 0 Å². The maximum atomic E-state index is 8.65. The number of hydrogen-bond acceptors (Lipinski definition) is 3. The molecule has 90 valence electrons. The van der Waals surface area contributed by atoms with E-state index in [2.05, 4.69) is 4.98 Å². The Bertz CT molecular complexity index is 588. The molecule has 0 bridgehead atoms. The van der Waals surface area contributed by atoms with Crippen molar-refractivity contribution in [1.82, 2.24) is 4.98 Å². The van der Waals surface area contributed by atoms with Gasteiger partial charge in [0.25, 0.3) is 0 Å². The van der Waals surface area contributed by atoms with Crippen LogP contribution in [0.5, 0.6) is 11.5 Å². The summed E-state index contributed by atoms with van der Waals surface area (Å²) >= 11 is 6.03. The largest absolute Gasteiger partial charge is 0.456 e. The maximum absolute atomic E-state index is 8.65. The zero-order valence-electron chi connectivity index (χ0n) is 9.85. The van der Waals surface area contributed by atoms with E-state index in [1.807, 2.05) is 25.1 Å². The molecule has 2 aromatic rings. The predicted octanol–water partition coefficient (Wildman–Crippen LogP) is 3.96. The Labute approximate surface area is 111 Å². The van der Waals surface area contributed by atoms with Crippen molar-refractivity contribution >= 4 is 11.6 Å². The molecule has 0 unspecified atom stereocenters. The van der Waals surface area contributed by atoms with Crippen molar-refractivity contribution in [2.45, 2.75) is 13.3 Å². The summed E-state index contributed by atoms with van der Waals surface area (Å²) in [6, 6.07) is 10.8. The molecule has 0 atom stereocenters. The summed E-state index contributed by atoms with van der Waals surface area (Å²) < 4.78 is 5.64. The Morgan fingerprint density at radius 1 is 1.28 bits per heavy atom. The monoisotopic (exact) mass is 258 g/mol. The van der Waals surface area contributed by atoms with E-state index in [-0.39, 0.29) is 0 Å². The number of rotatable bonds is 3. The molecule has 4 heteroatoms. The van der Waals surface area contributed by atoms with Gasteiger partial charge in [-0.1, -0.05) is 18.5 Å². The quantitative estimate of drug-likeness (QED) is 0.837. The topological polar surface area (TPSA) is 45.9 Å². The molecule has 0 fully saturated rings. The van der Waals surface area contributed by atoms with Crippen molar-refractivity contribution in [3.05, 3.63) is 52.8 Å². The summed E-state index contributed by atoms with van der Waals surface area (Å²) in [5.41, 5.74) is 1.41. The van der Waals surface area contributed by atoms with Crippen molar-refractivity contribution in [3.63, 3.8) is 0 Å². The van der Waals surface area contributed by atoms with Gasteiger partial charge in [-0.25, -0.2) is 4.98 Å². The lowest BCUT2D eigenvalue weighted by Gasteiger charge is -2.07. The van der Waals surface area contributed by atoms with Crippen LogP contribution in [0.25, 0.3) is 0 Å². The van der Waals surface area contributed by atoms with Gasteiger partial charge in [-0.2, -0.15) is 5.26 Å². The van der Waals surface area contributed by atoms with Crippen LogP contribution < -0.4 is 4.74 Å². The third-order valence-corrected chi connectivity index (χ3v) is 2.85. The van der Waals surface area contributed by atoms with E-state index >= 15 is 0 Å². The van der Waals surface area contributed by atoms with Gasteiger partial charge in [0.1, 0.15) is 23.3 Å². The second-order valence-corrected chi connectivity index (χ2v) is 4.11. The lowest BCUT2D eigenvalue weighted by Crippen LogP contribution is -1.89. The van der Waals surface area contributed by atoms with Crippen LogP contribution in [0.3, 0.4) is 0 Å². The zero-order chi connectivity index (χ0) is 13.0. The average molecular weight is 259 g/mol. The predicted molar refractivity (Wildman–Crippen MR) is 69.9 cm³/mol. The lowest BCUT2D eigenvalue weighted by atomic mass is 10.1. The Balaban J connectivity index is 2.20. The third-order valence-electron chi connectivity index (χ3n) is 2.48. The second kappa shape index (κ2) is 5.52. The molecule has 0 aliphatic rings. The fourth-order valence-electron chi connectivity index (χ4n) is 1.53. The summed E-state index contributed by atoms with van der Waals surface area (Å²) in [4.78, 5) is 3.94. The highest BCUT2D eigenvalue weighted by molar-refractivity contribution is 6.31. The molecule has 1 aromatic heterocycles. The fraction of sp³-hybridized carbons (Fsp3) is 0.143. The summed E-state index contributed by atoms with van der Waals surface area (Å²) in [6.07, 6.45) is 2.38. The lowest BCUT2D eigenvalue weighted by molar-refractivity contribution is 0.479. The van der Waals surface area contributed by atoms with Crippen LogP contribution in [0.1, 0.15) is 18.2 Å². The van der Waals surface area contributed by atoms with Gasteiger partial charge in [-0.3, -0.25) is 0 Å². The number of ether oxygens (including phenoxy) is 1. The molecule has 1 aromatic carbocycles. The molecular formula is C14H11ClN2O. The third kappa shape index (κ3) is 2.79. The summed E-state index contributed by atoms with van der Waals surface area (Å²) in [5.74, 6) is 1.31. The molecule has 0 spiro atoms. The van der Waals surface area contributed by atoms with Crippen molar-refractivity contribution in [2.75, 3.05) is 0 Å². The first-order chi connectivity index (χ1) is 8.72. The first kappa shape index (κ1) is 12.4. The smallest absolute Gasteiger partial charge is 0.145 e. The van der Waals surface area contributed by atoms with Crippen molar-refractivity contribution in [2.24, 2.45) is 0 Å².